The monoisotopic (exact) mass is 537 g/mol. The van der Waals surface area contributed by atoms with E-state index in [1.807, 2.05) is 12.3 Å². The van der Waals surface area contributed by atoms with Crippen molar-refractivity contribution >= 4 is 35.8 Å². The predicted octanol–water partition coefficient (Wildman–Crippen LogP) is 2.77. The van der Waals surface area contributed by atoms with Gasteiger partial charge in [0.1, 0.15) is 11.6 Å². The molecule has 0 aliphatic carbocycles. The number of fused-ring (bicyclic) bond motifs is 1. The molecule has 1 aromatic carbocycles. The van der Waals surface area contributed by atoms with Crippen molar-refractivity contribution in [3.63, 3.8) is 0 Å². The fourth-order valence-corrected chi connectivity index (χ4v) is 3.90. The number of aromatic nitrogens is 1. The van der Waals surface area contributed by atoms with Crippen LogP contribution in [0, 0.1) is 0 Å². The second-order valence-electron chi connectivity index (χ2n) is 7.79. The molecule has 8 heteroatoms. The van der Waals surface area contributed by atoms with Crippen LogP contribution in [0.4, 0.5) is 5.82 Å². The number of halogens is 1. The lowest BCUT2D eigenvalue weighted by Gasteiger charge is -2.32. The molecule has 1 saturated heterocycles. The van der Waals surface area contributed by atoms with Crippen molar-refractivity contribution in [2.75, 3.05) is 44.8 Å². The number of nitrogens with one attached hydrogen (secondary N) is 2. The molecule has 1 fully saturated rings. The molecule has 0 amide bonds. The zero-order chi connectivity index (χ0) is 20.8. The van der Waals surface area contributed by atoms with Gasteiger partial charge in [0.2, 0.25) is 0 Å². The van der Waals surface area contributed by atoms with E-state index in [0.717, 1.165) is 63.2 Å². The van der Waals surface area contributed by atoms with Gasteiger partial charge in [0.05, 0.1) is 19.3 Å². The number of anilines is 1. The van der Waals surface area contributed by atoms with E-state index in [2.05, 4.69) is 56.7 Å². The summed E-state index contributed by atoms with van der Waals surface area (Å²) in [6.07, 6.45) is 4.07. The molecule has 0 radical (unpaired) electrons. The molecule has 0 saturated carbocycles. The van der Waals surface area contributed by atoms with Crippen molar-refractivity contribution in [2.45, 2.75) is 32.4 Å². The average molecular weight is 537 g/mol. The maximum absolute atomic E-state index is 5.63. The van der Waals surface area contributed by atoms with Crippen molar-refractivity contribution in [3.05, 3.63) is 53.2 Å². The Balaban J connectivity index is 0.00000272. The van der Waals surface area contributed by atoms with E-state index in [0.29, 0.717) is 6.54 Å². The van der Waals surface area contributed by atoms with E-state index >= 15 is 0 Å². The summed E-state index contributed by atoms with van der Waals surface area (Å²) in [5, 5.41) is 6.81. The molecule has 0 bridgehead atoms. The molecule has 1 atom stereocenters. The van der Waals surface area contributed by atoms with Crippen LogP contribution in [-0.4, -0.2) is 56.9 Å². The second kappa shape index (κ2) is 11.5. The minimum atomic E-state index is 0. The van der Waals surface area contributed by atoms with Crippen LogP contribution in [0.5, 0.6) is 5.75 Å². The number of pyridine rings is 1. The Bertz CT molecular complexity index is 892. The first-order valence-corrected chi connectivity index (χ1v) is 10.7. The van der Waals surface area contributed by atoms with Crippen LogP contribution in [-0.2, 0) is 24.1 Å². The van der Waals surface area contributed by atoms with Crippen LogP contribution in [0.15, 0.2) is 41.5 Å². The molecule has 7 nitrogen and oxygen atoms in total. The summed E-state index contributed by atoms with van der Waals surface area (Å²) in [5.74, 6) is 2.85. The predicted molar refractivity (Wildman–Crippen MR) is 135 cm³/mol. The SMILES string of the molecule is CN=C(NCCc1ccc2c(c1)CCO2)NCc1ccnc(N2CCOC(C)C2)c1.I. The summed E-state index contributed by atoms with van der Waals surface area (Å²) >= 11 is 0. The topological polar surface area (TPSA) is 71.0 Å². The number of aliphatic imine (C=N–C) groups is 1. The van der Waals surface area contributed by atoms with E-state index < -0.39 is 0 Å². The molecule has 2 N–H and O–H groups in total. The van der Waals surface area contributed by atoms with Gasteiger partial charge in [-0.15, -0.1) is 24.0 Å². The third kappa shape index (κ3) is 6.46. The number of benzene rings is 1. The molecule has 2 aliphatic rings. The van der Waals surface area contributed by atoms with Gasteiger partial charge in [-0.25, -0.2) is 4.98 Å². The highest BCUT2D eigenvalue weighted by Gasteiger charge is 2.18. The third-order valence-corrected chi connectivity index (χ3v) is 5.52. The number of hydrogen-bond acceptors (Lipinski definition) is 5. The molecule has 4 rings (SSSR count). The molecule has 168 valence electrons. The van der Waals surface area contributed by atoms with Crippen molar-refractivity contribution in [3.8, 4) is 5.75 Å². The van der Waals surface area contributed by atoms with Crippen molar-refractivity contribution < 1.29 is 9.47 Å². The Kier molecular flexibility index (Phi) is 8.77. The standard InChI is InChI=1S/C23H31N5O2.HI/c1-17-16-28(10-12-29-17)22-14-19(6-8-25-22)15-27-23(24-2)26-9-5-18-3-4-21-20(13-18)7-11-30-21;/h3-4,6,8,13-14,17H,5,7,9-12,15-16H2,1-2H3,(H2,24,26,27);1H. The highest BCUT2D eigenvalue weighted by molar-refractivity contribution is 14.0. The Labute approximate surface area is 201 Å². The van der Waals surface area contributed by atoms with E-state index in [-0.39, 0.29) is 30.1 Å². The van der Waals surface area contributed by atoms with Gasteiger partial charge in [0, 0.05) is 45.8 Å². The second-order valence-corrected chi connectivity index (χ2v) is 7.79. The van der Waals surface area contributed by atoms with E-state index in [1.165, 1.54) is 16.7 Å². The highest BCUT2D eigenvalue weighted by atomic mass is 127. The van der Waals surface area contributed by atoms with Crippen LogP contribution < -0.4 is 20.3 Å². The third-order valence-electron chi connectivity index (χ3n) is 5.52. The molecule has 0 spiro atoms. The number of guanidine groups is 1. The van der Waals surface area contributed by atoms with Crippen LogP contribution in [0.3, 0.4) is 0 Å². The number of rotatable bonds is 6. The van der Waals surface area contributed by atoms with Gasteiger partial charge in [-0.2, -0.15) is 0 Å². The van der Waals surface area contributed by atoms with Gasteiger partial charge in [0.25, 0.3) is 0 Å². The molecular formula is C23H32IN5O2. The minimum Gasteiger partial charge on any atom is -0.493 e. The van der Waals surface area contributed by atoms with E-state index in [1.54, 1.807) is 7.05 Å². The molecule has 31 heavy (non-hydrogen) atoms. The molecule has 1 unspecified atom stereocenters. The lowest BCUT2D eigenvalue weighted by molar-refractivity contribution is 0.0529. The zero-order valence-electron chi connectivity index (χ0n) is 18.3. The van der Waals surface area contributed by atoms with Crippen molar-refractivity contribution in [2.24, 2.45) is 4.99 Å². The summed E-state index contributed by atoms with van der Waals surface area (Å²) in [7, 11) is 1.80. The summed E-state index contributed by atoms with van der Waals surface area (Å²) < 4.78 is 11.2. The van der Waals surface area contributed by atoms with Crippen LogP contribution in [0.2, 0.25) is 0 Å². The van der Waals surface area contributed by atoms with Gasteiger partial charge in [-0.1, -0.05) is 12.1 Å². The molecular weight excluding hydrogens is 505 g/mol. The largest absolute Gasteiger partial charge is 0.493 e. The number of ether oxygens (including phenoxy) is 2. The number of morpholine rings is 1. The molecule has 1 aromatic heterocycles. The van der Waals surface area contributed by atoms with Crippen LogP contribution in [0.1, 0.15) is 23.6 Å². The minimum absolute atomic E-state index is 0. The van der Waals surface area contributed by atoms with Gasteiger partial charge < -0.3 is 25.0 Å². The maximum atomic E-state index is 5.63. The van der Waals surface area contributed by atoms with Crippen molar-refractivity contribution in [1.29, 1.82) is 0 Å². The first-order valence-electron chi connectivity index (χ1n) is 10.7. The van der Waals surface area contributed by atoms with Crippen LogP contribution >= 0.6 is 24.0 Å². The number of nitrogens with zero attached hydrogens (tertiary/aromatic N) is 3. The lowest BCUT2D eigenvalue weighted by atomic mass is 10.1. The van der Waals surface area contributed by atoms with E-state index in [4.69, 9.17) is 9.47 Å². The van der Waals surface area contributed by atoms with Crippen LogP contribution in [0.25, 0.3) is 0 Å². The summed E-state index contributed by atoms with van der Waals surface area (Å²) in [4.78, 5) is 11.2. The Morgan fingerprint density at radius 3 is 2.94 bits per heavy atom. The van der Waals surface area contributed by atoms with Gasteiger partial charge >= 0.3 is 0 Å². The van der Waals surface area contributed by atoms with Gasteiger partial charge in [-0.05, 0) is 48.2 Å². The average Bonchev–Trinajstić information content (AvgIpc) is 3.24. The quantitative estimate of drug-likeness (QED) is 0.336. The Morgan fingerprint density at radius 1 is 1.19 bits per heavy atom. The first kappa shape index (κ1) is 23.6. The molecule has 3 heterocycles. The van der Waals surface area contributed by atoms with E-state index in [9.17, 15) is 0 Å². The van der Waals surface area contributed by atoms with Crippen molar-refractivity contribution in [1.82, 2.24) is 15.6 Å². The first-order chi connectivity index (χ1) is 14.7. The normalized spacial score (nSPS) is 18.1. The lowest BCUT2D eigenvalue weighted by Crippen LogP contribution is -2.41. The number of hydrogen-bond donors (Lipinski definition) is 2. The highest BCUT2D eigenvalue weighted by Crippen LogP contribution is 2.25. The summed E-state index contributed by atoms with van der Waals surface area (Å²) in [6.45, 7) is 6.93. The van der Waals surface area contributed by atoms with Gasteiger partial charge in [0.15, 0.2) is 5.96 Å². The molecule has 2 aliphatic heterocycles. The zero-order valence-corrected chi connectivity index (χ0v) is 20.6. The smallest absolute Gasteiger partial charge is 0.191 e. The fourth-order valence-electron chi connectivity index (χ4n) is 3.90. The Morgan fingerprint density at radius 2 is 2.10 bits per heavy atom. The van der Waals surface area contributed by atoms with Gasteiger partial charge in [-0.3, -0.25) is 4.99 Å². The summed E-state index contributed by atoms with van der Waals surface area (Å²) in [6, 6.07) is 10.7. The fraction of sp³-hybridized carbons (Fsp3) is 0.478. The molecule has 2 aromatic rings. The maximum Gasteiger partial charge on any atom is 0.191 e. The Hall–Kier alpha value is -2.07. The summed E-state index contributed by atoms with van der Waals surface area (Å²) in [5.41, 5.74) is 3.82.